The molecule has 3 aliphatic rings. The number of piperidine rings is 1. The van der Waals surface area contributed by atoms with Crippen molar-refractivity contribution in [2.75, 3.05) is 35.2 Å². The molecule has 6 nitrogen and oxygen atoms in total. The van der Waals surface area contributed by atoms with E-state index in [0.29, 0.717) is 18.2 Å². The van der Waals surface area contributed by atoms with Crippen LogP contribution in [0.3, 0.4) is 0 Å². The lowest BCUT2D eigenvalue weighted by molar-refractivity contribution is 0.0158. The van der Waals surface area contributed by atoms with E-state index in [1.54, 1.807) is 24.0 Å². The SMILES string of the molecule is CCc1ccc(N[C@H](O)C2CCCN(C(=O)c3c(C)cccc3F)[C@H]2c2ccc(NC3CCCCC3)cc2)cc1N1CCCC1. The van der Waals surface area contributed by atoms with E-state index < -0.39 is 18.1 Å². The number of aliphatic hydroxyl groups excluding tert-OH is 1. The second-order valence-corrected chi connectivity index (χ2v) is 13.3. The number of aryl methyl sites for hydroxylation is 2. The van der Waals surface area contributed by atoms with Gasteiger partial charge in [-0.05, 0) is 98.9 Å². The number of nitrogens with one attached hydrogen (secondary N) is 2. The molecule has 3 aromatic rings. The van der Waals surface area contributed by atoms with Gasteiger partial charge in [0.25, 0.3) is 5.91 Å². The van der Waals surface area contributed by atoms with Crippen LogP contribution in [0.4, 0.5) is 21.5 Å². The molecule has 2 heterocycles. The van der Waals surface area contributed by atoms with Crippen molar-refractivity contribution in [3.05, 3.63) is 88.7 Å². The van der Waals surface area contributed by atoms with Crippen molar-refractivity contribution in [1.82, 2.24) is 4.90 Å². The highest BCUT2D eigenvalue weighted by Gasteiger charge is 2.40. The lowest BCUT2D eigenvalue weighted by atomic mass is 9.82. The van der Waals surface area contributed by atoms with Gasteiger partial charge in [-0.15, -0.1) is 0 Å². The van der Waals surface area contributed by atoms with Crippen LogP contribution < -0.4 is 15.5 Å². The maximum absolute atomic E-state index is 15.1. The van der Waals surface area contributed by atoms with Crippen LogP contribution >= 0.6 is 0 Å². The van der Waals surface area contributed by atoms with E-state index >= 15 is 4.39 Å². The van der Waals surface area contributed by atoms with Gasteiger partial charge in [-0.25, -0.2) is 4.39 Å². The Morgan fingerprint density at radius 3 is 2.36 bits per heavy atom. The predicted octanol–water partition coefficient (Wildman–Crippen LogP) is 8.07. The molecule has 3 atom stereocenters. The largest absolute Gasteiger partial charge is 0.382 e. The van der Waals surface area contributed by atoms with Crippen LogP contribution in [0.1, 0.15) is 97.8 Å². The van der Waals surface area contributed by atoms with Gasteiger partial charge >= 0.3 is 0 Å². The smallest absolute Gasteiger partial charge is 0.257 e. The molecular formula is C38H49FN4O2. The van der Waals surface area contributed by atoms with Crippen LogP contribution in [0.2, 0.25) is 0 Å². The summed E-state index contributed by atoms with van der Waals surface area (Å²) in [5, 5.41) is 19.0. The van der Waals surface area contributed by atoms with Crippen molar-refractivity contribution in [3.63, 3.8) is 0 Å². The highest BCUT2D eigenvalue weighted by molar-refractivity contribution is 5.96. The fraction of sp³-hybridized carbons (Fsp3) is 0.500. The second kappa shape index (κ2) is 14.2. The number of halogens is 1. The van der Waals surface area contributed by atoms with Gasteiger partial charge < -0.3 is 25.5 Å². The van der Waals surface area contributed by atoms with Gasteiger partial charge in [-0.3, -0.25) is 4.79 Å². The third-order valence-electron chi connectivity index (χ3n) is 10.2. The van der Waals surface area contributed by atoms with Gasteiger partial charge in [0, 0.05) is 48.7 Å². The molecule has 0 bridgehead atoms. The average molecular weight is 613 g/mol. The Balaban J connectivity index is 1.30. The molecule has 7 heteroatoms. The van der Waals surface area contributed by atoms with E-state index in [-0.39, 0.29) is 17.4 Å². The number of rotatable bonds is 9. The predicted molar refractivity (Wildman–Crippen MR) is 181 cm³/mol. The van der Waals surface area contributed by atoms with Gasteiger partial charge in [0.2, 0.25) is 0 Å². The molecule has 1 unspecified atom stereocenters. The first kappa shape index (κ1) is 31.4. The van der Waals surface area contributed by atoms with E-state index in [0.717, 1.165) is 49.3 Å². The Hall–Kier alpha value is -3.58. The van der Waals surface area contributed by atoms with Crippen molar-refractivity contribution < 1.29 is 14.3 Å². The molecule has 0 aromatic heterocycles. The number of likely N-dealkylation sites (tertiary alicyclic amines) is 1. The number of hydrogen-bond donors (Lipinski definition) is 3. The van der Waals surface area contributed by atoms with Crippen LogP contribution in [0.5, 0.6) is 0 Å². The summed E-state index contributed by atoms with van der Waals surface area (Å²) in [5.74, 6) is -1.11. The van der Waals surface area contributed by atoms with Gasteiger partial charge in [-0.2, -0.15) is 0 Å². The molecule has 2 saturated heterocycles. The summed E-state index contributed by atoms with van der Waals surface area (Å²) in [6.07, 6.45) is 10.1. The van der Waals surface area contributed by atoms with Crippen LogP contribution in [0.25, 0.3) is 0 Å². The van der Waals surface area contributed by atoms with Crippen molar-refractivity contribution >= 4 is 23.0 Å². The Kier molecular flexibility index (Phi) is 9.94. The van der Waals surface area contributed by atoms with Gasteiger partial charge in [-0.1, -0.05) is 56.5 Å². The Bertz CT molecular complexity index is 1430. The molecule has 3 aromatic carbocycles. The maximum atomic E-state index is 15.1. The van der Waals surface area contributed by atoms with E-state index in [4.69, 9.17) is 0 Å². The van der Waals surface area contributed by atoms with Crippen molar-refractivity contribution in [1.29, 1.82) is 0 Å². The van der Waals surface area contributed by atoms with Crippen molar-refractivity contribution in [2.45, 2.75) is 96.4 Å². The van der Waals surface area contributed by atoms with Crippen molar-refractivity contribution in [2.24, 2.45) is 5.92 Å². The topological polar surface area (TPSA) is 67.8 Å². The van der Waals surface area contributed by atoms with E-state index in [1.165, 1.54) is 62.3 Å². The van der Waals surface area contributed by atoms with Gasteiger partial charge in [0.1, 0.15) is 12.0 Å². The number of nitrogens with zero attached hydrogens (tertiary/aromatic N) is 2. The Morgan fingerprint density at radius 1 is 0.911 bits per heavy atom. The molecule has 1 aliphatic carbocycles. The highest BCUT2D eigenvalue weighted by atomic mass is 19.1. The minimum absolute atomic E-state index is 0.117. The van der Waals surface area contributed by atoms with Crippen LogP contribution in [-0.4, -0.2) is 47.8 Å². The molecule has 3 N–H and O–H groups in total. The Labute approximate surface area is 268 Å². The second-order valence-electron chi connectivity index (χ2n) is 13.3. The van der Waals surface area contributed by atoms with Gasteiger partial charge in [0.05, 0.1) is 11.6 Å². The van der Waals surface area contributed by atoms with Gasteiger partial charge in [0.15, 0.2) is 0 Å². The third kappa shape index (κ3) is 6.99. The van der Waals surface area contributed by atoms with E-state index in [9.17, 15) is 9.90 Å². The lowest BCUT2D eigenvalue weighted by Gasteiger charge is -2.44. The molecule has 3 fully saturated rings. The molecule has 45 heavy (non-hydrogen) atoms. The lowest BCUT2D eigenvalue weighted by Crippen LogP contribution is -2.48. The highest BCUT2D eigenvalue weighted by Crippen LogP contribution is 2.41. The number of anilines is 3. The molecule has 0 spiro atoms. The van der Waals surface area contributed by atoms with Crippen LogP contribution in [0, 0.1) is 18.7 Å². The summed E-state index contributed by atoms with van der Waals surface area (Å²) in [6, 6.07) is 19.6. The first-order valence-electron chi connectivity index (χ1n) is 17.2. The monoisotopic (exact) mass is 612 g/mol. The summed E-state index contributed by atoms with van der Waals surface area (Å²) < 4.78 is 15.1. The summed E-state index contributed by atoms with van der Waals surface area (Å²) in [7, 11) is 0. The maximum Gasteiger partial charge on any atom is 0.257 e. The summed E-state index contributed by atoms with van der Waals surface area (Å²) in [6.45, 7) is 6.59. The minimum atomic E-state index is -0.897. The van der Waals surface area contributed by atoms with Crippen LogP contribution in [-0.2, 0) is 6.42 Å². The van der Waals surface area contributed by atoms with E-state index in [2.05, 4.69) is 64.9 Å². The zero-order chi connectivity index (χ0) is 31.3. The quantitative estimate of drug-likeness (QED) is 0.213. The fourth-order valence-corrected chi connectivity index (χ4v) is 7.80. The first-order valence-corrected chi connectivity index (χ1v) is 17.2. The Morgan fingerprint density at radius 2 is 1.64 bits per heavy atom. The number of carbonyl (C=O) groups is 1. The molecular weight excluding hydrogens is 563 g/mol. The number of carbonyl (C=O) groups excluding carboxylic acids is 1. The summed E-state index contributed by atoms with van der Waals surface area (Å²) >= 11 is 0. The number of aliphatic hydroxyl groups is 1. The zero-order valence-corrected chi connectivity index (χ0v) is 26.9. The standard InChI is InChI=1S/C38H49FN4O2/c1-3-27-16-21-31(25-34(27)42-22-7-8-23-42)41-37(44)32-14-10-24-43(38(45)35-26(2)11-9-15-33(35)39)36(32)28-17-19-30(20-18-28)40-29-12-5-4-6-13-29/h9,11,15-21,25,29,32,36-37,40-41,44H,3-8,10,12-14,22-24H2,1-2H3/t32?,36-,37+/m0/s1. The number of benzene rings is 3. The molecule has 0 radical (unpaired) electrons. The minimum Gasteiger partial charge on any atom is -0.382 e. The zero-order valence-electron chi connectivity index (χ0n) is 26.9. The normalized spacial score (nSPS) is 21.5. The summed E-state index contributed by atoms with van der Waals surface area (Å²) in [4.78, 5) is 18.3. The summed E-state index contributed by atoms with van der Waals surface area (Å²) in [5.41, 5.74) is 6.19. The number of amides is 1. The third-order valence-corrected chi connectivity index (χ3v) is 10.2. The molecule has 240 valence electrons. The molecule has 1 amide bonds. The molecule has 1 saturated carbocycles. The van der Waals surface area contributed by atoms with E-state index in [1.807, 2.05) is 0 Å². The first-order chi connectivity index (χ1) is 21.9. The fourth-order valence-electron chi connectivity index (χ4n) is 7.80. The number of hydrogen-bond acceptors (Lipinski definition) is 5. The van der Waals surface area contributed by atoms with Crippen LogP contribution in [0.15, 0.2) is 60.7 Å². The van der Waals surface area contributed by atoms with Crippen molar-refractivity contribution in [3.8, 4) is 0 Å². The molecule has 2 aliphatic heterocycles. The molecule has 6 rings (SSSR count). The average Bonchev–Trinajstić information content (AvgIpc) is 3.60.